The van der Waals surface area contributed by atoms with E-state index in [1.54, 1.807) is 7.11 Å². The molecule has 1 N–H and O–H groups in total. The van der Waals surface area contributed by atoms with Crippen molar-refractivity contribution in [2.24, 2.45) is 4.36 Å². The number of hydrogen-bond acceptors (Lipinski definition) is 10. The Hall–Kier alpha value is -2.38. The Kier molecular flexibility index (Phi) is 13.5. The first-order valence-corrected chi connectivity index (χ1v) is 8.96. The molecule has 0 aliphatic heterocycles. The van der Waals surface area contributed by atoms with Gasteiger partial charge in [0.05, 0.1) is 33.5 Å². The Labute approximate surface area is 159 Å². The highest BCUT2D eigenvalue weighted by Crippen LogP contribution is 2.11. The third-order valence-corrected chi connectivity index (χ3v) is 3.04. The van der Waals surface area contributed by atoms with Gasteiger partial charge in [-0.2, -0.15) is 18.4 Å². The average Bonchev–Trinajstić information content (AvgIpc) is 2.61. The fraction of sp³-hybridized carbons (Fsp3) is 0.714. The van der Waals surface area contributed by atoms with Gasteiger partial charge in [0, 0.05) is 7.11 Å². The number of amides is 2. The second kappa shape index (κ2) is 14.8. The third kappa shape index (κ3) is 12.6. The second-order valence-corrected chi connectivity index (χ2v) is 5.45. The molecule has 0 fully saturated rings. The van der Waals surface area contributed by atoms with Crippen LogP contribution in [0.15, 0.2) is 4.36 Å². The molecule has 12 nitrogen and oxygen atoms in total. The minimum Gasteiger partial charge on any atom is -0.467 e. The summed E-state index contributed by atoms with van der Waals surface area (Å²) < 4.78 is 42.6. The number of anilines is 1. The van der Waals surface area contributed by atoms with Gasteiger partial charge < -0.3 is 18.9 Å². The molecule has 13 heteroatoms. The molecule has 0 radical (unpaired) electrons. The molecule has 0 aromatic carbocycles. The molecule has 1 aromatic rings. The quantitative estimate of drug-likeness (QED) is 0.593. The van der Waals surface area contributed by atoms with E-state index in [0.717, 1.165) is 13.0 Å². The van der Waals surface area contributed by atoms with E-state index in [-0.39, 0.29) is 18.0 Å². The predicted octanol–water partition coefficient (Wildman–Crippen LogP) is 1.32. The molecule has 0 saturated carbocycles. The molecule has 1 heterocycles. The van der Waals surface area contributed by atoms with Gasteiger partial charge in [-0.05, 0) is 13.3 Å². The van der Waals surface area contributed by atoms with Gasteiger partial charge in [0.2, 0.25) is 5.95 Å². The van der Waals surface area contributed by atoms with Gasteiger partial charge in [0.25, 0.3) is 0 Å². The minimum atomic E-state index is -2.85. The van der Waals surface area contributed by atoms with Crippen LogP contribution < -0.4 is 14.8 Å². The molecule has 0 saturated heterocycles. The van der Waals surface area contributed by atoms with E-state index in [0.29, 0.717) is 12.7 Å². The lowest BCUT2D eigenvalue weighted by atomic mass is 10.2. The van der Waals surface area contributed by atoms with Crippen LogP contribution in [0.25, 0.3) is 0 Å². The van der Waals surface area contributed by atoms with Crippen molar-refractivity contribution in [3.63, 3.8) is 0 Å². The molecule has 2 amide bonds. The zero-order chi connectivity index (χ0) is 20.7. The van der Waals surface area contributed by atoms with E-state index in [4.69, 9.17) is 18.9 Å². The zero-order valence-corrected chi connectivity index (χ0v) is 16.8. The van der Waals surface area contributed by atoms with Crippen molar-refractivity contribution in [3.05, 3.63) is 0 Å². The van der Waals surface area contributed by atoms with Crippen LogP contribution >= 0.6 is 0 Å². The predicted molar refractivity (Wildman–Crippen MR) is 95.5 cm³/mol. The average molecular weight is 407 g/mol. The first-order valence-electron chi connectivity index (χ1n) is 7.92. The van der Waals surface area contributed by atoms with Gasteiger partial charge in [-0.3, -0.25) is 5.32 Å². The molecule has 154 valence electrons. The highest BCUT2D eigenvalue weighted by Gasteiger charge is 2.09. The Morgan fingerprint density at radius 1 is 1.11 bits per heavy atom. The lowest BCUT2D eigenvalue weighted by Gasteiger charge is -2.10. The summed E-state index contributed by atoms with van der Waals surface area (Å²) in [7, 11) is 1.44. The van der Waals surface area contributed by atoms with Crippen LogP contribution in [0.3, 0.4) is 0 Å². The molecule has 0 spiro atoms. The Morgan fingerprint density at radius 3 is 2.15 bits per heavy atom. The van der Waals surface area contributed by atoms with E-state index in [1.807, 2.05) is 5.32 Å². The van der Waals surface area contributed by atoms with E-state index in [1.165, 1.54) is 20.6 Å². The van der Waals surface area contributed by atoms with E-state index in [2.05, 4.69) is 33.2 Å². The van der Waals surface area contributed by atoms with Crippen LogP contribution in [0.2, 0.25) is 0 Å². The number of aromatic nitrogens is 3. The number of nitrogens with zero attached hydrogens (tertiary/aromatic N) is 4. The minimum absolute atomic E-state index is 0.101. The summed E-state index contributed by atoms with van der Waals surface area (Å²) in [6.07, 6.45) is 2.72. The van der Waals surface area contributed by atoms with Gasteiger partial charge in [0.1, 0.15) is 0 Å². The number of rotatable bonds is 9. The van der Waals surface area contributed by atoms with Crippen LogP contribution in [0.4, 0.5) is 10.7 Å². The number of nitrogens with one attached hydrogen (secondary N) is 1. The fourth-order valence-electron chi connectivity index (χ4n) is 1.59. The second-order valence-electron chi connectivity index (χ2n) is 4.83. The lowest BCUT2D eigenvalue weighted by molar-refractivity contribution is 0.0223. The topological polar surface area (TPSA) is 151 Å². The summed E-state index contributed by atoms with van der Waals surface area (Å²) >= 11 is 0. The Morgan fingerprint density at radius 2 is 1.70 bits per heavy atom. The number of carbonyl (C=O) groups excluding carboxylic acids is 1. The first kappa shape index (κ1) is 24.6. The van der Waals surface area contributed by atoms with Gasteiger partial charge in [0.15, 0.2) is 0 Å². The van der Waals surface area contributed by atoms with Gasteiger partial charge in [-0.15, -0.1) is 4.98 Å². The number of urea groups is 1. The summed E-state index contributed by atoms with van der Waals surface area (Å²) in [5, 5.41) is 2.00. The molecule has 1 unspecified atom stereocenters. The fourth-order valence-corrected chi connectivity index (χ4v) is 1.77. The van der Waals surface area contributed by atoms with Crippen molar-refractivity contribution in [2.45, 2.75) is 32.8 Å². The molecule has 0 aliphatic carbocycles. The normalized spacial score (nSPS) is 10.9. The molecule has 0 bridgehead atoms. The van der Waals surface area contributed by atoms with Crippen LogP contribution in [0.1, 0.15) is 26.7 Å². The standard InChI is InChI=1S/C8H18O2.C6H7N5O5S/c1-4-5-8(2)10-7-6-9-3;1-15-5-8-3(9-6(10-5)16-2)7-4(12)11-17(13)14/h8H,4-7H2,1-3H3;1-2H3,(H,7,8,9,10,12). The molecular weight excluding hydrogens is 382 g/mol. The highest BCUT2D eigenvalue weighted by molar-refractivity contribution is 7.62. The van der Waals surface area contributed by atoms with Crippen molar-refractivity contribution in [2.75, 3.05) is 39.9 Å². The largest absolute Gasteiger partial charge is 0.467 e. The molecule has 1 atom stereocenters. The molecule has 0 aliphatic rings. The first-order chi connectivity index (χ1) is 12.9. The smallest absolute Gasteiger partial charge is 0.362 e. The molecule has 27 heavy (non-hydrogen) atoms. The number of carbonyl (C=O) groups is 1. The van der Waals surface area contributed by atoms with Gasteiger partial charge in [-0.1, -0.05) is 17.7 Å². The number of ether oxygens (including phenoxy) is 4. The van der Waals surface area contributed by atoms with Crippen LogP contribution in [0, 0.1) is 0 Å². The molecular formula is C14H25N5O7S. The highest BCUT2D eigenvalue weighted by atomic mass is 32.2. The van der Waals surface area contributed by atoms with Crippen molar-refractivity contribution >= 4 is 22.5 Å². The maximum absolute atomic E-state index is 11.0. The van der Waals surface area contributed by atoms with E-state index in [9.17, 15) is 13.2 Å². The van der Waals surface area contributed by atoms with Crippen LogP contribution in [0.5, 0.6) is 12.0 Å². The van der Waals surface area contributed by atoms with Crippen LogP contribution in [-0.4, -0.2) is 70.0 Å². The SMILES string of the molecule is CCCC(C)OCCOC.COc1nc(NC(=O)N=S(=O)=O)nc(OC)n1. The monoisotopic (exact) mass is 407 g/mol. The lowest BCUT2D eigenvalue weighted by Crippen LogP contribution is -2.11. The maximum atomic E-state index is 11.0. The van der Waals surface area contributed by atoms with Gasteiger partial charge >= 0.3 is 28.6 Å². The van der Waals surface area contributed by atoms with Crippen molar-refractivity contribution < 1.29 is 32.2 Å². The Balaban J connectivity index is 0.000000580. The number of methoxy groups -OCH3 is 3. The van der Waals surface area contributed by atoms with E-state index >= 15 is 0 Å². The summed E-state index contributed by atoms with van der Waals surface area (Å²) in [6, 6.07) is -1.35. The van der Waals surface area contributed by atoms with Crippen molar-refractivity contribution in [1.82, 2.24) is 15.0 Å². The van der Waals surface area contributed by atoms with E-state index < -0.39 is 16.5 Å². The Bertz CT molecular complexity index is 669. The summed E-state index contributed by atoms with van der Waals surface area (Å²) in [5.74, 6) is -0.243. The molecule has 1 aromatic heterocycles. The van der Waals surface area contributed by atoms with Gasteiger partial charge in [-0.25, -0.2) is 4.79 Å². The maximum Gasteiger partial charge on any atom is 0.362 e. The number of hydrogen-bond donors (Lipinski definition) is 1. The zero-order valence-electron chi connectivity index (χ0n) is 16.0. The summed E-state index contributed by atoms with van der Waals surface area (Å²) in [6.45, 7) is 5.68. The third-order valence-electron chi connectivity index (χ3n) is 2.72. The van der Waals surface area contributed by atoms with Crippen molar-refractivity contribution in [3.8, 4) is 12.0 Å². The summed E-state index contributed by atoms with van der Waals surface area (Å²) in [4.78, 5) is 21.9. The summed E-state index contributed by atoms with van der Waals surface area (Å²) in [5.41, 5.74) is 0. The van der Waals surface area contributed by atoms with Crippen LogP contribution in [-0.2, 0) is 20.0 Å². The van der Waals surface area contributed by atoms with Crippen molar-refractivity contribution in [1.29, 1.82) is 0 Å². The molecule has 1 rings (SSSR count).